The van der Waals surface area contributed by atoms with Crippen LogP contribution in [0, 0.1) is 0 Å². The standard InChI is InChI=1S/C24H21N3O3/c25-24(29)26-20-9-10-23-19(13-20)11-12-27(23)15-21(28)16-30-22-8-4-7-18(14-22)17-5-2-1-3-6-17/h1-14H,15-16H2,(H3,25,26,29). The molecule has 150 valence electrons. The minimum absolute atomic E-state index is 0.0147. The number of urea groups is 1. The van der Waals surface area contributed by atoms with Crippen molar-refractivity contribution in [2.45, 2.75) is 6.54 Å². The van der Waals surface area contributed by atoms with Crippen LogP contribution >= 0.6 is 0 Å². The lowest BCUT2D eigenvalue weighted by atomic mass is 10.1. The summed E-state index contributed by atoms with van der Waals surface area (Å²) in [5.74, 6) is 0.612. The molecule has 0 saturated heterocycles. The van der Waals surface area contributed by atoms with Crippen LogP contribution in [0.4, 0.5) is 10.5 Å². The minimum atomic E-state index is -0.613. The highest BCUT2D eigenvalue weighted by Crippen LogP contribution is 2.24. The summed E-state index contributed by atoms with van der Waals surface area (Å²) in [6.45, 7) is 0.184. The van der Waals surface area contributed by atoms with Crippen LogP contribution in [0.5, 0.6) is 5.75 Å². The van der Waals surface area contributed by atoms with Crippen LogP contribution in [0.25, 0.3) is 22.0 Å². The quantitative estimate of drug-likeness (QED) is 0.481. The first kappa shape index (κ1) is 19.3. The molecule has 0 bridgehead atoms. The maximum Gasteiger partial charge on any atom is 0.316 e. The second-order valence-corrected chi connectivity index (χ2v) is 6.93. The topological polar surface area (TPSA) is 86.4 Å². The molecule has 0 atom stereocenters. The van der Waals surface area contributed by atoms with E-state index in [0.29, 0.717) is 11.4 Å². The molecule has 30 heavy (non-hydrogen) atoms. The number of nitrogens with zero attached hydrogens (tertiary/aromatic N) is 1. The smallest absolute Gasteiger partial charge is 0.316 e. The Kier molecular flexibility index (Phi) is 5.48. The molecule has 0 unspecified atom stereocenters. The van der Waals surface area contributed by atoms with Gasteiger partial charge in [0.25, 0.3) is 0 Å². The lowest BCUT2D eigenvalue weighted by Gasteiger charge is -2.09. The maximum absolute atomic E-state index is 12.5. The van der Waals surface area contributed by atoms with Gasteiger partial charge in [-0.2, -0.15) is 0 Å². The minimum Gasteiger partial charge on any atom is -0.486 e. The Bertz CT molecular complexity index is 1200. The average molecular weight is 399 g/mol. The monoisotopic (exact) mass is 399 g/mol. The Morgan fingerprint density at radius 3 is 2.50 bits per heavy atom. The van der Waals surface area contributed by atoms with Gasteiger partial charge in [-0.1, -0.05) is 42.5 Å². The number of aromatic nitrogens is 1. The number of carbonyl (C=O) groups excluding carboxylic acids is 2. The number of nitrogens with two attached hydrogens (primary N) is 1. The van der Waals surface area contributed by atoms with E-state index in [1.54, 1.807) is 6.07 Å². The first-order chi connectivity index (χ1) is 14.6. The van der Waals surface area contributed by atoms with Crippen molar-refractivity contribution < 1.29 is 14.3 Å². The Morgan fingerprint density at radius 1 is 0.900 bits per heavy atom. The molecule has 3 N–H and O–H groups in total. The highest BCUT2D eigenvalue weighted by atomic mass is 16.5. The van der Waals surface area contributed by atoms with E-state index in [4.69, 9.17) is 10.5 Å². The molecule has 6 nitrogen and oxygen atoms in total. The number of nitrogens with one attached hydrogen (secondary N) is 1. The van der Waals surface area contributed by atoms with Gasteiger partial charge in [0.15, 0.2) is 5.78 Å². The summed E-state index contributed by atoms with van der Waals surface area (Å²) in [5, 5.41) is 3.45. The molecule has 4 aromatic rings. The molecule has 0 aliphatic carbocycles. The largest absolute Gasteiger partial charge is 0.486 e. The fourth-order valence-electron chi connectivity index (χ4n) is 3.35. The SMILES string of the molecule is NC(=O)Nc1ccc2c(ccn2CC(=O)COc2cccc(-c3ccccc3)c2)c1. The summed E-state index contributed by atoms with van der Waals surface area (Å²) < 4.78 is 7.59. The van der Waals surface area contributed by atoms with Crippen molar-refractivity contribution in [3.8, 4) is 16.9 Å². The summed E-state index contributed by atoms with van der Waals surface area (Å²) in [7, 11) is 0. The average Bonchev–Trinajstić information content (AvgIpc) is 3.14. The highest BCUT2D eigenvalue weighted by Gasteiger charge is 2.09. The summed E-state index contributed by atoms with van der Waals surface area (Å²) in [6.07, 6.45) is 1.84. The van der Waals surface area contributed by atoms with Crippen LogP contribution in [0.15, 0.2) is 85.1 Å². The van der Waals surface area contributed by atoms with Crippen molar-refractivity contribution in [2.75, 3.05) is 11.9 Å². The van der Waals surface area contributed by atoms with Crippen LogP contribution in [-0.4, -0.2) is 23.0 Å². The molecule has 0 aliphatic rings. The summed E-state index contributed by atoms with van der Waals surface area (Å²) in [5.41, 5.74) is 8.79. The summed E-state index contributed by atoms with van der Waals surface area (Å²) >= 11 is 0. The van der Waals surface area contributed by atoms with E-state index in [1.807, 2.05) is 83.6 Å². The number of primary amides is 1. The number of benzene rings is 3. The van der Waals surface area contributed by atoms with Gasteiger partial charge in [0, 0.05) is 22.8 Å². The molecule has 4 rings (SSSR count). The molecular formula is C24H21N3O3. The molecule has 1 aromatic heterocycles. The number of hydrogen-bond acceptors (Lipinski definition) is 3. The molecule has 0 radical (unpaired) electrons. The predicted octanol–water partition coefficient (Wildman–Crippen LogP) is 4.45. The number of amides is 2. The Hall–Kier alpha value is -4.06. The third-order valence-electron chi connectivity index (χ3n) is 4.73. The molecule has 1 heterocycles. The number of anilines is 1. The van der Waals surface area contributed by atoms with Crippen molar-refractivity contribution in [3.05, 3.63) is 85.1 Å². The second kappa shape index (κ2) is 8.53. The first-order valence-electron chi connectivity index (χ1n) is 9.54. The van der Waals surface area contributed by atoms with Crippen LogP contribution in [0.3, 0.4) is 0 Å². The molecule has 2 amide bonds. The highest BCUT2D eigenvalue weighted by molar-refractivity contribution is 5.92. The van der Waals surface area contributed by atoms with Gasteiger partial charge >= 0.3 is 6.03 Å². The van der Waals surface area contributed by atoms with E-state index in [0.717, 1.165) is 22.0 Å². The van der Waals surface area contributed by atoms with Gasteiger partial charge in [-0.15, -0.1) is 0 Å². The van der Waals surface area contributed by atoms with E-state index in [9.17, 15) is 9.59 Å². The zero-order valence-electron chi connectivity index (χ0n) is 16.2. The Labute approximate surface area is 173 Å². The molecule has 0 spiro atoms. The lowest BCUT2D eigenvalue weighted by molar-refractivity contribution is -0.121. The van der Waals surface area contributed by atoms with E-state index in [1.165, 1.54) is 0 Å². The van der Waals surface area contributed by atoms with Crippen LogP contribution in [-0.2, 0) is 11.3 Å². The number of ketones is 1. The van der Waals surface area contributed by atoms with E-state index in [-0.39, 0.29) is 18.9 Å². The summed E-state index contributed by atoms with van der Waals surface area (Å²) in [4.78, 5) is 23.5. The molecular weight excluding hydrogens is 378 g/mol. The van der Waals surface area contributed by atoms with Crippen LogP contribution in [0.2, 0.25) is 0 Å². The van der Waals surface area contributed by atoms with Gasteiger partial charge in [0.1, 0.15) is 12.4 Å². The van der Waals surface area contributed by atoms with Gasteiger partial charge in [-0.05, 0) is 47.5 Å². The number of carbonyl (C=O) groups is 2. The normalized spacial score (nSPS) is 10.7. The molecule has 3 aromatic carbocycles. The fraction of sp³-hybridized carbons (Fsp3) is 0.0833. The lowest BCUT2D eigenvalue weighted by Crippen LogP contribution is -2.19. The van der Waals surface area contributed by atoms with Crippen molar-refractivity contribution >= 4 is 28.4 Å². The molecule has 6 heteroatoms. The number of rotatable bonds is 7. The summed E-state index contributed by atoms with van der Waals surface area (Å²) in [6, 6.07) is 24.4. The van der Waals surface area contributed by atoms with Crippen LogP contribution in [0.1, 0.15) is 0 Å². The maximum atomic E-state index is 12.5. The van der Waals surface area contributed by atoms with Crippen molar-refractivity contribution in [2.24, 2.45) is 5.73 Å². The van der Waals surface area contributed by atoms with Crippen molar-refractivity contribution in [1.29, 1.82) is 0 Å². The fourth-order valence-corrected chi connectivity index (χ4v) is 3.35. The second-order valence-electron chi connectivity index (χ2n) is 6.93. The van der Waals surface area contributed by atoms with Crippen LogP contribution < -0.4 is 15.8 Å². The van der Waals surface area contributed by atoms with Crippen molar-refractivity contribution in [3.63, 3.8) is 0 Å². The van der Waals surface area contributed by atoms with Gasteiger partial charge in [0.2, 0.25) is 0 Å². The molecule has 0 saturated carbocycles. The van der Waals surface area contributed by atoms with Gasteiger partial charge in [0.05, 0.1) is 6.54 Å². The van der Waals surface area contributed by atoms with Gasteiger partial charge in [-0.25, -0.2) is 4.79 Å². The van der Waals surface area contributed by atoms with Gasteiger partial charge in [-0.3, -0.25) is 4.79 Å². The zero-order valence-corrected chi connectivity index (χ0v) is 16.2. The first-order valence-corrected chi connectivity index (χ1v) is 9.54. The Balaban J connectivity index is 1.40. The number of hydrogen-bond donors (Lipinski definition) is 2. The predicted molar refractivity (Wildman–Crippen MR) is 118 cm³/mol. The Morgan fingerprint density at radius 2 is 1.70 bits per heavy atom. The molecule has 0 fully saturated rings. The molecule has 0 aliphatic heterocycles. The third kappa shape index (κ3) is 4.50. The third-order valence-corrected chi connectivity index (χ3v) is 4.73. The van der Waals surface area contributed by atoms with Gasteiger partial charge < -0.3 is 20.4 Å². The van der Waals surface area contributed by atoms with E-state index >= 15 is 0 Å². The zero-order chi connectivity index (χ0) is 20.9. The number of ether oxygens (including phenoxy) is 1. The number of fused-ring (bicyclic) bond motifs is 1. The van der Waals surface area contributed by atoms with E-state index < -0.39 is 6.03 Å². The number of Topliss-reactive ketones (excluding diaryl/α,β-unsaturated/α-hetero) is 1. The van der Waals surface area contributed by atoms with Crippen molar-refractivity contribution in [1.82, 2.24) is 4.57 Å². The van der Waals surface area contributed by atoms with E-state index in [2.05, 4.69) is 5.32 Å².